The van der Waals surface area contributed by atoms with Gasteiger partial charge in [0.05, 0.1) is 18.0 Å². The predicted molar refractivity (Wildman–Crippen MR) is 65.5 cm³/mol. The van der Waals surface area contributed by atoms with E-state index in [-0.39, 0.29) is 23.5 Å². The van der Waals surface area contributed by atoms with Crippen molar-refractivity contribution in [3.05, 3.63) is 21.9 Å². The summed E-state index contributed by atoms with van der Waals surface area (Å²) in [6, 6.07) is 1.19. The molecule has 6 heteroatoms. The molecule has 18 heavy (non-hydrogen) atoms. The number of carboxylic acids is 1. The number of phenolic OH excluding ortho intramolecular Hbond substituents is 1. The molecule has 0 radical (unpaired) electrons. The Kier molecular flexibility index (Phi) is 3.23. The van der Waals surface area contributed by atoms with Gasteiger partial charge in [-0.2, -0.15) is 0 Å². The van der Waals surface area contributed by atoms with Crippen LogP contribution < -0.4 is 4.74 Å². The molecule has 0 bridgehead atoms. The molecule has 1 aliphatic rings. The molecule has 0 amide bonds. The summed E-state index contributed by atoms with van der Waals surface area (Å²) in [4.78, 5) is 10.8. The van der Waals surface area contributed by atoms with Crippen LogP contribution in [0.3, 0.4) is 0 Å². The molecular weight excluding hydrogens is 307 g/mol. The number of rotatable bonds is 4. The van der Waals surface area contributed by atoms with Crippen LogP contribution in [0.1, 0.15) is 24.8 Å². The molecule has 0 saturated heterocycles. The second kappa shape index (κ2) is 4.42. The van der Waals surface area contributed by atoms with Crippen LogP contribution in [0.5, 0.6) is 11.5 Å². The van der Waals surface area contributed by atoms with Crippen molar-refractivity contribution in [1.29, 1.82) is 0 Å². The van der Waals surface area contributed by atoms with Crippen LogP contribution in [-0.2, 0) is 10.2 Å². The van der Waals surface area contributed by atoms with E-state index in [4.69, 9.17) is 9.84 Å². The van der Waals surface area contributed by atoms with Gasteiger partial charge in [-0.25, -0.2) is 4.39 Å². The van der Waals surface area contributed by atoms with Crippen LogP contribution in [0.4, 0.5) is 4.39 Å². The summed E-state index contributed by atoms with van der Waals surface area (Å²) in [7, 11) is 1.36. The second-order valence-electron chi connectivity index (χ2n) is 4.45. The molecular formula is C12H12BrFO4. The molecule has 0 heterocycles. The number of aromatic hydroxyl groups is 1. The number of aliphatic carboxylic acids is 1. The lowest BCUT2D eigenvalue weighted by Gasteiger charge is -2.18. The number of hydrogen-bond acceptors (Lipinski definition) is 3. The predicted octanol–water partition coefficient (Wildman–Crippen LogP) is 2.81. The van der Waals surface area contributed by atoms with Gasteiger partial charge in [-0.15, -0.1) is 0 Å². The van der Waals surface area contributed by atoms with Crippen LogP contribution in [-0.4, -0.2) is 23.3 Å². The number of carboxylic acid groups (broad SMARTS) is 1. The van der Waals surface area contributed by atoms with Gasteiger partial charge in [-0.3, -0.25) is 4.79 Å². The van der Waals surface area contributed by atoms with E-state index in [9.17, 15) is 14.3 Å². The SMILES string of the molecule is COc1c(Br)cc(F)c(C2(CC(=O)O)CC2)c1O. The largest absolute Gasteiger partial charge is 0.504 e. The van der Waals surface area contributed by atoms with Crippen molar-refractivity contribution >= 4 is 21.9 Å². The molecule has 98 valence electrons. The summed E-state index contributed by atoms with van der Waals surface area (Å²) in [5.74, 6) is -1.81. The number of phenols is 1. The van der Waals surface area contributed by atoms with Crippen LogP contribution in [0.2, 0.25) is 0 Å². The van der Waals surface area contributed by atoms with Crippen molar-refractivity contribution in [2.45, 2.75) is 24.7 Å². The molecule has 0 aliphatic heterocycles. The fourth-order valence-electron chi connectivity index (χ4n) is 2.24. The van der Waals surface area contributed by atoms with Crippen molar-refractivity contribution in [2.24, 2.45) is 0 Å². The van der Waals surface area contributed by atoms with Crippen LogP contribution in [0.15, 0.2) is 10.5 Å². The third kappa shape index (κ3) is 2.05. The Labute approximate surface area is 112 Å². The van der Waals surface area contributed by atoms with Crippen molar-refractivity contribution in [3.8, 4) is 11.5 Å². The van der Waals surface area contributed by atoms with E-state index in [1.807, 2.05) is 0 Å². The van der Waals surface area contributed by atoms with Crippen LogP contribution >= 0.6 is 15.9 Å². The molecule has 0 spiro atoms. The van der Waals surface area contributed by atoms with E-state index in [0.29, 0.717) is 17.3 Å². The highest BCUT2D eigenvalue weighted by Crippen LogP contribution is 2.57. The molecule has 0 aromatic heterocycles. The van der Waals surface area contributed by atoms with Gasteiger partial charge in [0.1, 0.15) is 5.82 Å². The maximum Gasteiger partial charge on any atom is 0.304 e. The quantitative estimate of drug-likeness (QED) is 0.895. The first-order chi connectivity index (χ1) is 8.41. The minimum atomic E-state index is -1.01. The molecule has 2 rings (SSSR count). The number of carbonyl (C=O) groups is 1. The standard InChI is InChI=1S/C12H12BrFO4/c1-18-11-6(13)4-7(14)9(10(11)17)12(2-3-12)5-8(15)16/h4,17H,2-3,5H2,1H3,(H,15,16). The number of ether oxygens (including phenoxy) is 1. The van der Waals surface area contributed by atoms with Gasteiger partial charge in [0.15, 0.2) is 11.5 Å². The molecule has 1 aliphatic carbocycles. The highest BCUT2D eigenvalue weighted by molar-refractivity contribution is 9.10. The first kappa shape index (κ1) is 13.1. The molecule has 2 N–H and O–H groups in total. The first-order valence-electron chi connectivity index (χ1n) is 5.38. The molecule has 1 fully saturated rings. The van der Waals surface area contributed by atoms with E-state index in [0.717, 1.165) is 0 Å². The van der Waals surface area contributed by atoms with Gasteiger partial charge in [0, 0.05) is 11.0 Å². The Hall–Kier alpha value is -1.30. The summed E-state index contributed by atoms with van der Waals surface area (Å²) in [6.45, 7) is 0. The average molecular weight is 319 g/mol. The lowest BCUT2D eigenvalue weighted by atomic mass is 9.90. The van der Waals surface area contributed by atoms with Crippen LogP contribution in [0.25, 0.3) is 0 Å². The fraction of sp³-hybridized carbons (Fsp3) is 0.417. The van der Waals surface area contributed by atoms with Crippen LogP contribution in [0, 0.1) is 5.82 Å². The number of halogens is 2. The monoisotopic (exact) mass is 318 g/mol. The Bertz CT molecular complexity index is 511. The Balaban J connectivity index is 2.54. The first-order valence-corrected chi connectivity index (χ1v) is 6.18. The van der Waals surface area contributed by atoms with Gasteiger partial charge >= 0.3 is 5.97 Å². The van der Waals surface area contributed by atoms with E-state index in [2.05, 4.69) is 15.9 Å². The Morgan fingerprint density at radius 2 is 2.22 bits per heavy atom. The van der Waals surface area contributed by atoms with Gasteiger partial charge in [0.25, 0.3) is 0 Å². The fourth-order valence-corrected chi connectivity index (χ4v) is 2.79. The number of hydrogen-bond donors (Lipinski definition) is 2. The normalized spacial score (nSPS) is 16.4. The summed E-state index contributed by atoms with van der Waals surface area (Å²) in [6.07, 6.45) is 0.908. The summed E-state index contributed by atoms with van der Waals surface area (Å²) in [5, 5.41) is 18.9. The molecule has 1 saturated carbocycles. The van der Waals surface area contributed by atoms with Crippen molar-refractivity contribution in [3.63, 3.8) is 0 Å². The molecule has 0 unspecified atom stereocenters. The molecule has 4 nitrogen and oxygen atoms in total. The van der Waals surface area contributed by atoms with Gasteiger partial charge in [-0.05, 0) is 34.8 Å². The van der Waals surface area contributed by atoms with Crippen molar-refractivity contribution in [1.82, 2.24) is 0 Å². The minimum absolute atomic E-state index is 0.0463. The summed E-state index contributed by atoms with van der Waals surface area (Å²) in [5.41, 5.74) is -0.751. The van der Waals surface area contributed by atoms with Gasteiger partial charge in [-0.1, -0.05) is 0 Å². The third-order valence-electron chi connectivity index (χ3n) is 3.24. The van der Waals surface area contributed by atoms with E-state index in [1.165, 1.54) is 13.2 Å². The number of benzene rings is 1. The molecule has 1 aromatic carbocycles. The maximum atomic E-state index is 14.0. The third-order valence-corrected chi connectivity index (χ3v) is 3.83. The smallest absolute Gasteiger partial charge is 0.304 e. The maximum absolute atomic E-state index is 14.0. The zero-order valence-corrected chi connectivity index (χ0v) is 11.3. The van der Waals surface area contributed by atoms with Crippen molar-refractivity contribution in [2.75, 3.05) is 7.11 Å². The zero-order chi connectivity index (χ0) is 13.5. The Morgan fingerprint density at radius 1 is 1.61 bits per heavy atom. The summed E-state index contributed by atoms with van der Waals surface area (Å²) >= 11 is 3.09. The molecule has 0 atom stereocenters. The average Bonchev–Trinajstić information content (AvgIpc) is 2.96. The zero-order valence-electron chi connectivity index (χ0n) is 9.67. The summed E-state index contributed by atoms with van der Waals surface area (Å²) < 4.78 is 19.3. The Morgan fingerprint density at radius 3 is 2.67 bits per heavy atom. The van der Waals surface area contributed by atoms with Gasteiger partial charge < -0.3 is 14.9 Å². The topological polar surface area (TPSA) is 66.8 Å². The van der Waals surface area contributed by atoms with Crippen molar-refractivity contribution < 1.29 is 24.1 Å². The van der Waals surface area contributed by atoms with E-state index < -0.39 is 17.2 Å². The lowest BCUT2D eigenvalue weighted by Crippen LogP contribution is -2.15. The highest BCUT2D eigenvalue weighted by atomic mass is 79.9. The minimum Gasteiger partial charge on any atom is -0.504 e. The second-order valence-corrected chi connectivity index (χ2v) is 5.30. The number of methoxy groups -OCH3 is 1. The van der Waals surface area contributed by atoms with E-state index in [1.54, 1.807) is 0 Å². The van der Waals surface area contributed by atoms with E-state index >= 15 is 0 Å². The highest BCUT2D eigenvalue weighted by Gasteiger charge is 2.50. The lowest BCUT2D eigenvalue weighted by molar-refractivity contribution is -0.137. The molecule has 1 aromatic rings. The van der Waals surface area contributed by atoms with Gasteiger partial charge in [0.2, 0.25) is 0 Å².